The molecule has 144 valence electrons. The molecule has 1 aliphatic heterocycles. The molecular weight excluding hydrogens is 344 g/mol. The smallest absolute Gasteiger partial charge is 0.336 e. The summed E-state index contributed by atoms with van der Waals surface area (Å²) < 4.78 is 17.2. The summed E-state index contributed by atoms with van der Waals surface area (Å²) in [7, 11) is 0. The van der Waals surface area contributed by atoms with Gasteiger partial charge in [0.15, 0.2) is 6.29 Å². The van der Waals surface area contributed by atoms with Gasteiger partial charge in [0, 0.05) is 6.42 Å². The largest absolute Gasteiger partial charge is 0.494 e. The monoisotopic (exact) mass is 370 g/mol. The molecule has 2 aromatic carbocycles. The van der Waals surface area contributed by atoms with Gasteiger partial charge in [-0.05, 0) is 60.7 Å². The van der Waals surface area contributed by atoms with Crippen molar-refractivity contribution >= 4 is 5.97 Å². The van der Waals surface area contributed by atoms with Crippen molar-refractivity contribution in [2.45, 2.75) is 45.3 Å². The predicted octanol–water partition coefficient (Wildman–Crippen LogP) is 5.14. The van der Waals surface area contributed by atoms with Crippen LogP contribution in [0.2, 0.25) is 0 Å². The number of carboxylic acid groups (broad SMARTS) is 1. The molecule has 2 aromatic rings. The zero-order valence-electron chi connectivity index (χ0n) is 15.6. The third-order valence-corrected chi connectivity index (χ3v) is 4.56. The molecule has 1 aliphatic rings. The van der Waals surface area contributed by atoms with Crippen LogP contribution in [0.15, 0.2) is 42.5 Å². The molecule has 5 heteroatoms. The van der Waals surface area contributed by atoms with Gasteiger partial charge in [-0.15, -0.1) is 0 Å². The lowest BCUT2D eigenvalue weighted by atomic mass is 9.99. The Morgan fingerprint density at radius 1 is 1.15 bits per heavy atom. The maximum atomic E-state index is 11.6. The molecule has 3 rings (SSSR count). The van der Waals surface area contributed by atoms with E-state index in [1.165, 1.54) is 0 Å². The molecule has 5 nitrogen and oxygen atoms in total. The van der Waals surface area contributed by atoms with E-state index in [0.717, 1.165) is 43.4 Å². The van der Waals surface area contributed by atoms with Crippen LogP contribution in [0.4, 0.5) is 0 Å². The van der Waals surface area contributed by atoms with Gasteiger partial charge in [0.25, 0.3) is 0 Å². The number of aromatic carboxylic acids is 1. The van der Waals surface area contributed by atoms with E-state index < -0.39 is 5.97 Å². The van der Waals surface area contributed by atoms with E-state index in [-0.39, 0.29) is 11.9 Å². The number of hydrogen-bond acceptors (Lipinski definition) is 4. The summed E-state index contributed by atoms with van der Waals surface area (Å²) in [6.07, 6.45) is 4.79. The van der Waals surface area contributed by atoms with Crippen molar-refractivity contribution in [1.82, 2.24) is 0 Å². The van der Waals surface area contributed by atoms with E-state index in [9.17, 15) is 9.90 Å². The Bertz CT molecular complexity index is 748. The zero-order chi connectivity index (χ0) is 19.1. The SMILES string of the molecule is CCCCOc1ccc(-c2cc(OC3CCCCO3)ccc2C(=O)O)cc1. The molecule has 1 heterocycles. The van der Waals surface area contributed by atoms with Crippen molar-refractivity contribution in [3.63, 3.8) is 0 Å². The lowest BCUT2D eigenvalue weighted by Gasteiger charge is -2.24. The highest BCUT2D eigenvalue weighted by atomic mass is 16.7. The number of benzene rings is 2. The molecule has 0 radical (unpaired) electrons. The minimum atomic E-state index is -0.964. The molecule has 0 spiro atoms. The fourth-order valence-corrected chi connectivity index (χ4v) is 3.04. The van der Waals surface area contributed by atoms with Gasteiger partial charge in [0.1, 0.15) is 11.5 Å². The average molecular weight is 370 g/mol. The molecule has 0 aliphatic carbocycles. The van der Waals surface area contributed by atoms with Crippen LogP contribution in [0.25, 0.3) is 11.1 Å². The second-order valence-electron chi connectivity index (χ2n) is 6.65. The van der Waals surface area contributed by atoms with Gasteiger partial charge in [-0.2, -0.15) is 0 Å². The van der Waals surface area contributed by atoms with Crippen LogP contribution in [0.3, 0.4) is 0 Å². The number of hydrogen-bond donors (Lipinski definition) is 1. The summed E-state index contributed by atoms with van der Waals surface area (Å²) in [5, 5.41) is 9.55. The molecule has 0 bridgehead atoms. The van der Waals surface area contributed by atoms with E-state index in [4.69, 9.17) is 14.2 Å². The van der Waals surface area contributed by atoms with Crippen LogP contribution in [0.5, 0.6) is 11.5 Å². The second kappa shape index (κ2) is 9.42. The highest BCUT2D eigenvalue weighted by Gasteiger charge is 2.18. The lowest BCUT2D eigenvalue weighted by molar-refractivity contribution is -0.105. The van der Waals surface area contributed by atoms with E-state index >= 15 is 0 Å². The molecule has 1 N–H and O–H groups in total. The molecule has 0 amide bonds. The Labute approximate surface area is 159 Å². The van der Waals surface area contributed by atoms with Gasteiger partial charge in [-0.1, -0.05) is 25.5 Å². The highest BCUT2D eigenvalue weighted by Crippen LogP contribution is 2.31. The molecular formula is C22H26O5. The van der Waals surface area contributed by atoms with E-state index in [1.54, 1.807) is 18.2 Å². The number of rotatable bonds is 8. The molecule has 27 heavy (non-hydrogen) atoms. The predicted molar refractivity (Wildman–Crippen MR) is 103 cm³/mol. The summed E-state index contributed by atoms with van der Waals surface area (Å²) >= 11 is 0. The van der Waals surface area contributed by atoms with Gasteiger partial charge in [-0.3, -0.25) is 0 Å². The third kappa shape index (κ3) is 5.23. The Morgan fingerprint density at radius 3 is 2.59 bits per heavy atom. The van der Waals surface area contributed by atoms with Crippen molar-refractivity contribution in [3.05, 3.63) is 48.0 Å². The van der Waals surface area contributed by atoms with Crippen LogP contribution in [-0.4, -0.2) is 30.6 Å². The van der Waals surface area contributed by atoms with Crippen LogP contribution >= 0.6 is 0 Å². The minimum Gasteiger partial charge on any atom is -0.494 e. The summed E-state index contributed by atoms with van der Waals surface area (Å²) in [5.74, 6) is 0.436. The fourth-order valence-electron chi connectivity index (χ4n) is 3.04. The van der Waals surface area contributed by atoms with E-state index in [2.05, 4.69) is 6.92 Å². The second-order valence-corrected chi connectivity index (χ2v) is 6.65. The molecule has 1 unspecified atom stereocenters. The summed E-state index contributed by atoms with van der Waals surface area (Å²) in [6.45, 7) is 3.50. The first-order valence-corrected chi connectivity index (χ1v) is 9.56. The number of carbonyl (C=O) groups is 1. The average Bonchev–Trinajstić information content (AvgIpc) is 2.69. The van der Waals surface area contributed by atoms with Gasteiger partial charge >= 0.3 is 5.97 Å². The lowest BCUT2D eigenvalue weighted by Crippen LogP contribution is -2.25. The van der Waals surface area contributed by atoms with Gasteiger partial charge in [-0.25, -0.2) is 4.79 Å². The van der Waals surface area contributed by atoms with Crippen LogP contribution in [-0.2, 0) is 4.74 Å². The summed E-state index contributed by atoms with van der Waals surface area (Å²) in [5.41, 5.74) is 1.67. The van der Waals surface area contributed by atoms with Crippen molar-refractivity contribution in [2.75, 3.05) is 13.2 Å². The van der Waals surface area contributed by atoms with Crippen molar-refractivity contribution in [3.8, 4) is 22.6 Å². The summed E-state index contributed by atoms with van der Waals surface area (Å²) in [6, 6.07) is 12.5. The first kappa shape index (κ1) is 19.2. The first-order valence-electron chi connectivity index (χ1n) is 9.56. The minimum absolute atomic E-state index is 0.242. The third-order valence-electron chi connectivity index (χ3n) is 4.56. The maximum Gasteiger partial charge on any atom is 0.336 e. The quantitative estimate of drug-likeness (QED) is 0.652. The highest BCUT2D eigenvalue weighted by molar-refractivity contribution is 5.96. The zero-order valence-corrected chi connectivity index (χ0v) is 15.6. The van der Waals surface area contributed by atoms with Gasteiger partial charge < -0.3 is 19.3 Å². The molecule has 1 atom stereocenters. The molecule has 0 saturated carbocycles. The van der Waals surface area contributed by atoms with Gasteiger partial charge in [0.05, 0.1) is 18.8 Å². The fraction of sp³-hybridized carbons (Fsp3) is 0.409. The number of unbranched alkanes of at least 4 members (excludes halogenated alkanes) is 1. The van der Waals surface area contributed by atoms with Crippen molar-refractivity contribution in [2.24, 2.45) is 0 Å². The van der Waals surface area contributed by atoms with E-state index in [0.29, 0.717) is 24.5 Å². The Kier molecular flexibility index (Phi) is 6.71. The van der Waals surface area contributed by atoms with E-state index in [1.807, 2.05) is 24.3 Å². The Morgan fingerprint density at radius 2 is 1.93 bits per heavy atom. The van der Waals surface area contributed by atoms with Gasteiger partial charge in [0.2, 0.25) is 0 Å². The topological polar surface area (TPSA) is 65.0 Å². The summed E-state index contributed by atoms with van der Waals surface area (Å²) in [4.78, 5) is 11.6. The van der Waals surface area contributed by atoms with Crippen LogP contribution in [0.1, 0.15) is 49.4 Å². The molecule has 1 saturated heterocycles. The van der Waals surface area contributed by atoms with Crippen molar-refractivity contribution < 1.29 is 24.1 Å². The molecule has 0 aromatic heterocycles. The van der Waals surface area contributed by atoms with Crippen molar-refractivity contribution in [1.29, 1.82) is 0 Å². The normalized spacial score (nSPS) is 16.7. The van der Waals surface area contributed by atoms with Crippen LogP contribution in [0, 0.1) is 0 Å². The van der Waals surface area contributed by atoms with Crippen LogP contribution < -0.4 is 9.47 Å². The standard InChI is InChI=1S/C22H26O5/c1-2-3-13-25-17-9-7-16(8-10-17)20-15-18(11-12-19(20)22(23)24)27-21-6-4-5-14-26-21/h7-12,15,21H,2-6,13-14H2,1H3,(H,23,24). The Balaban J connectivity index is 1.80. The Hall–Kier alpha value is -2.53. The molecule has 1 fully saturated rings. The number of ether oxygens (including phenoxy) is 3. The first-order chi connectivity index (χ1) is 13.2. The number of carboxylic acids is 1. The maximum absolute atomic E-state index is 11.6.